The Hall–Kier alpha value is -1.83. The Kier molecular flexibility index (Phi) is 4.71. The fourth-order valence-electron chi connectivity index (χ4n) is 1.43. The second-order valence-electron chi connectivity index (χ2n) is 3.87. The molecule has 19 heavy (non-hydrogen) atoms. The Bertz CT molecular complexity index is 479. The van der Waals surface area contributed by atoms with Crippen LogP contribution in [-0.4, -0.2) is 40.8 Å². The minimum atomic E-state index is -4.42. The molecule has 0 saturated carbocycles. The summed E-state index contributed by atoms with van der Waals surface area (Å²) in [5, 5.41) is 8.78. The maximum atomic E-state index is 11.8. The highest BCUT2D eigenvalue weighted by atomic mass is 19.4. The zero-order valence-electron chi connectivity index (χ0n) is 10.0. The molecule has 0 fully saturated rings. The van der Waals surface area contributed by atoms with Crippen LogP contribution in [0.15, 0.2) is 12.3 Å². The maximum absolute atomic E-state index is 11.8. The van der Waals surface area contributed by atoms with Crippen molar-refractivity contribution in [2.24, 2.45) is 7.05 Å². The van der Waals surface area contributed by atoms with Crippen LogP contribution < -0.4 is 0 Å². The van der Waals surface area contributed by atoms with Gasteiger partial charge in [-0.1, -0.05) is 0 Å². The monoisotopic (exact) mass is 279 g/mol. The number of halogens is 3. The van der Waals surface area contributed by atoms with E-state index in [2.05, 4.69) is 4.74 Å². The number of hydrogen-bond acceptors (Lipinski definition) is 3. The number of aromatic nitrogens is 1. The van der Waals surface area contributed by atoms with Crippen molar-refractivity contribution in [1.29, 1.82) is 0 Å². The fourth-order valence-corrected chi connectivity index (χ4v) is 1.43. The summed E-state index contributed by atoms with van der Waals surface area (Å²) in [4.78, 5) is 22.3. The number of ether oxygens (including phenoxy) is 1. The van der Waals surface area contributed by atoms with Gasteiger partial charge in [-0.25, -0.2) is 4.79 Å². The van der Waals surface area contributed by atoms with Crippen LogP contribution in [0.3, 0.4) is 0 Å². The number of aryl methyl sites for hydroxylation is 1. The van der Waals surface area contributed by atoms with Crippen molar-refractivity contribution in [1.82, 2.24) is 4.57 Å². The van der Waals surface area contributed by atoms with E-state index in [4.69, 9.17) is 5.11 Å². The molecule has 0 amide bonds. The second kappa shape index (κ2) is 5.87. The number of alkyl halides is 3. The lowest BCUT2D eigenvalue weighted by Gasteiger charge is -2.06. The number of ketones is 1. The topological polar surface area (TPSA) is 68.5 Å². The van der Waals surface area contributed by atoms with Gasteiger partial charge in [0.1, 0.15) is 12.3 Å². The molecule has 1 rings (SSSR count). The van der Waals surface area contributed by atoms with Crippen molar-refractivity contribution in [2.45, 2.75) is 12.6 Å². The molecule has 0 spiro atoms. The lowest BCUT2D eigenvalue weighted by molar-refractivity contribution is -0.173. The van der Waals surface area contributed by atoms with Crippen molar-refractivity contribution >= 4 is 11.8 Å². The number of nitrogens with zero attached hydrogens (tertiary/aromatic N) is 1. The van der Waals surface area contributed by atoms with E-state index in [0.29, 0.717) is 0 Å². The van der Waals surface area contributed by atoms with Crippen LogP contribution in [0, 0.1) is 0 Å². The van der Waals surface area contributed by atoms with Gasteiger partial charge in [-0.2, -0.15) is 13.2 Å². The second-order valence-corrected chi connectivity index (χ2v) is 3.87. The third-order valence-corrected chi connectivity index (χ3v) is 2.29. The Morgan fingerprint density at radius 1 is 1.42 bits per heavy atom. The number of aromatic carboxylic acids is 1. The van der Waals surface area contributed by atoms with Crippen molar-refractivity contribution in [2.75, 3.05) is 13.2 Å². The first-order valence-corrected chi connectivity index (χ1v) is 5.28. The third kappa shape index (κ3) is 4.74. The predicted molar refractivity (Wildman–Crippen MR) is 58.2 cm³/mol. The van der Waals surface area contributed by atoms with E-state index in [1.807, 2.05) is 0 Å². The maximum Gasteiger partial charge on any atom is 0.411 e. The Labute approximate surface area is 106 Å². The molecule has 0 unspecified atom stereocenters. The SMILES string of the molecule is Cn1cc(C(=O)CCOCC(F)(F)F)cc1C(=O)O. The van der Waals surface area contributed by atoms with Crippen molar-refractivity contribution < 1.29 is 32.6 Å². The van der Waals surface area contributed by atoms with Crippen LogP contribution in [0.25, 0.3) is 0 Å². The molecule has 1 aromatic heterocycles. The molecular formula is C11H12F3NO4. The number of hydrogen-bond donors (Lipinski definition) is 1. The van der Waals surface area contributed by atoms with Gasteiger partial charge in [-0.3, -0.25) is 4.79 Å². The first-order valence-electron chi connectivity index (χ1n) is 5.28. The van der Waals surface area contributed by atoms with E-state index < -0.39 is 24.5 Å². The number of Topliss-reactive ketones (excluding diaryl/α,β-unsaturated/α-hetero) is 1. The molecule has 1 heterocycles. The van der Waals surface area contributed by atoms with E-state index in [1.165, 1.54) is 23.9 Å². The Morgan fingerprint density at radius 3 is 2.53 bits per heavy atom. The van der Waals surface area contributed by atoms with E-state index in [9.17, 15) is 22.8 Å². The first-order chi connectivity index (χ1) is 8.70. The van der Waals surface area contributed by atoms with Gasteiger partial charge in [-0.05, 0) is 6.07 Å². The number of carbonyl (C=O) groups excluding carboxylic acids is 1. The van der Waals surface area contributed by atoms with E-state index in [0.717, 1.165) is 0 Å². The molecule has 0 aliphatic heterocycles. The van der Waals surface area contributed by atoms with Crippen molar-refractivity contribution in [3.63, 3.8) is 0 Å². The zero-order valence-corrected chi connectivity index (χ0v) is 10.0. The largest absolute Gasteiger partial charge is 0.477 e. The highest BCUT2D eigenvalue weighted by Gasteiger charge is 2.27. The fraction of sp³-hybridized carbons (Fsp3) is 0.455. The quantitative estimate of drug-likeness (QED) is 0.637. The van der Waals surface area contributed by atoms with Crippen LogP contribution in [0.4, 0.5) is 13.2 Å². The highest BCUT2D eigenvalue weighted by Crippen LogP contribution is 2.15. The molecule has 0 bridgehead atoms. The standard InChI is InChI=1S/C11H12F3NO4/c1-15-5-7(4-8(15)10(17)18)9(16)2-3-19-6-11(12,13)14/h4-5H,2-3,6H2,1H3,(H,17,18). The summed E-state index contributed by atoms with van der Waals surface area (Å²) in [6, 6.07) is 1.18. The van der Waals surface area contributed by atoms with Gasteiger partial charge in [0.05, 0.1) is 6.61 Å². The molecule has 0 saturated heterocycles. The molecule has 0 radical (unpaired) electrons. The van der Waals surface area contributed by atoms with E-state index in [-0.39, 0.29) is 24.3 Å². The summed E-state index contributed by atoms with van der Waals surface area (Å²) >= 11 is 0. The average Bonchev–Trinajstić information content (AvgIpc) is 2.65. The van der Waals surface area contributed by atoms with E-state index in [1.54, 1.807) is 0 Å². The first kappa shape index (κ1) is 15.2. The molecule has 1 aromatic rings. The molecule has 5 nitrogen and oxygen atoms in total. The zero-order chi connectivity index (χ0) is 14.6. The Balaban J connectivity index is 2.50. The summed E-state index contributed by atoms with van der Waals surface area (Å²) in [7, 11) is 1.46. The number of carbonyl (C=O) groups is 2. The van der Waals surface area contributed by atoms with E-state index >= 15 is 0 Å². The van der Waals surface area contributed by atoms with Crippen molar-refractivity contribution in [3.8, 4) is 0 Å². The van der Waals surface area contributed by atoms with Crippen LogP contribution in [0.1, 0.15) is 27.3 Å². The molecule has 0 aliphatic carbocycles. The van der Waals surface area contributed by atoms with Gasteiger partial charge in [0, 0.05) is 25.2 Å². The van der Waals surface area contributed by atoms with Gasteiger partial charge >= 0.3 is 12.1 Å². The minimum Gasteiger partial charge on any atom is -0.477 e. The molecule has 106 valence electrons. The average molecular weight is 279 g/mol. The molecule has 0 aliphatic rings. The summed E-state index contributed by atoms with van der Waals surface area (Å²) in [6.45, 7) is -1.77. The van der Waals surface area contributed by atoms with Crippen LogP contribution in [0.5, 0.6) is 0 Å². The lowest BCUT2D eigenvalue weighted by Crippen LogP contribution is -2.18. The lowest BCUT2D eigenvalue weighted by atomic mass is 10.1. The molecule has 0 atom stereocenters. The summed E-state index contributed by atoms with van der Waals surface area (Å²) < 4.78 is 40.9. The summed E-state index contributed by atoms with van der Waals surface area (Å²) in [5.74, 6) is -1.65. The molecule has 1 N–H and O–H groups in total. The Morgan fingerprint density at radius 2 is 2.05 bits per heavy atom. The third-order valence-electron chi connectivity index (χ3n) is 2.29. The summed E-state index contributed by atoms with van der Waals surface area (Å²) in [5.41, 5.74) is 0.0649. The van der Waals surface area contributed by atoms with Crippen LogP contribution in [-0.2, 0) is 11.8 Å². The molecule has 0 aromatic carbocycles. The van der Waals surface area contributed by atoms with Gasteiger partial charge < -0.3 is 14.4 Å². The van der Waals surface area contributed by atoms with Crippen LogP contribution in [0.2, 0.25) is 0 Å². The van der Waals surface area contributed by atoms with Gasteiger partial charge in [0.25, 0.3) is 0 Å². The number of rotatable bonds is 6. The van der Waals surface area contributed by atoms with Gasteiger partial charge in [-0.15, -0.1) is 0 Å². The number of carboxylic acids is 1. The van der Waals surface area contributed by atoms with Gasteiger partial charge in [0.2, 0.25) is 0 Å². The van der Waals surface area contributed by atoms with Crippen LogP contribution >= 0.6 is 0 Å². The predicted octanol–water partition coefficient (Wildman–Crippen LogP) is 1.88. The number of carboxylic acid groups (broad SMARTS) is 1. The normalized spacial score (nSPS) is 11.6. The summed E-state index contributed by atoms with van der Waals surface area (Å²) in [6.07, 6.45) is -3.35. The van der Waals surface area contributed by atoms with Gasteiger partial charge in [0.15, 0.2) is 5.78 Å². The molecular weight excluding hydrogens is 267 g/mol. The van der Waals surface area contributed by atoms with Crippen molar-refractivity contribution in [3.05, 3.63) is 23.5 Å². The minimum absolute atomic E-state index is 0.0699. The molecule has 8 heteroatoms. The highest BCUT2D eigenvalue weighted by molar-refractivity contribution is 5.98. The smallest absolute Gasteiger partial charge is 0.411 e.